The van der Waals surface area contributed by atoms with Crippen molar-refractivity contribution in [2.24, 2.45) is 0 Å². The van der Waals surface area contributed by atoms with Gasteiger partial charge in [0.25, 0.3) is 0 Å². The molecule has 1 unspecified atom stereocenters. The highest BCUT2D eigenvalue weighted by Gasteiger charge is 2.20. The van der Waals surface area contributed by atoms with Crippen LogP contribution in [0, 0.1) is 0 Å². The zero-order valence-electron chi connectivity index (χ0n) is 7.56. The predicted molar refractivity (Wildman–Crippen MR) is 56.8 cm³/mol. The molecule has 1 atom stereocenters. The lowest BCUT2D eigenvalue weighted by Gasteiger charge is -2.24. The maximum atomic E-state index is 10.5. The Hall–Kier alpha value is -1.16. The van der Waals surface area contributed by atoms with Crippen molar-refractivity contribution in [3.05, 3.63) is 24.3 Å². The van der Waals surface area contributed by atoms with Gasteiger partial charge in [-0.25, -0.2) is 0 Å². The van der Waals surface area contributed by atoms with Crippen molar-refractivity contribution in [3.63, 3.8) is 0 Å². The Balaban J connectivity index is 2.09. The van der Waals surface area contributed by atoms with Gasteiger partial charge < -0.3 is 10.4 Å². The van der Waals surface area contributed by atoms with Crippen LogP contribution in [0.2, 0.25) is 0 Å². The predicted octanol–water partition coefficient (Wildman–Crippen LogP) is 2.05. The van der Waals surface area contributed by atoms with E-state index in [1.54, 1.807) is 11.8 Å². The number of rotatable bonds is 2. The van der Waals surface area contributed by atoms with E-state index in [1.807, 2.05) is 24.3 Å². The maximum Gasteiger partial charge on any atom is 0.304 e. The number of thioether (sulfide) groups is 1. The number of anilines is 1. The van der Waals surface area contributed by atoms with Crippen molar-refractivity contribution >= 4 is 23.4 Å². The van der Waals surface area contributed by atoms with Crippen LogP contribution in [0.4, 0.5) is 5.69 Å². The lowest BCUT2D eigenvalue weighted by Crippen LogP contribution is -2.23. The monoisotopic (exact) mass is 209 g/mol. The third-order valence-corrected chi connectivity index (χ3v) is 3.38. The Labute approximate surface area is 86.5 Å². The number of hydrogen-bond donors (Lipinski definition) is 2. The first-order chi connectivity index (χ1) is 6.75. The average molecular weight is 209 g/mol. The molecule has 0 radical (unpaired) electrons. The van der Waals surface area contributed by atoms with Crippen molar-refractivity contribution in [2.75, 3.05) is 11.9 Å². The summed E-state index contributed by atoms with van der Waals surface area (Å²) in [6, 6.07) is 7.97. The van der Waals surface area contributed by atoms with Gasteiger partial charge in [0.05, 0.1) is 6.42 Å². The molecule has 74 valence electrons. The molecule has 2 N–H and O–H groups in total. The zero-order valence-corrected chi connectivity index (χ0v) is 8.38. The lowest BCUT2D eigenvalue weighted by molar-refractivity contribution is -0.136. The zero-order chi connectivity index (χ0) is 9.97. The second-order valence-corrected chi connectivity index (χ2v) is 4.56. The number of aliphatic carboxylic acids is 1. The molecule has 1 aromatic carbocycles. The van der Waals surface area contributed by atoms with Gasteiger partial charge in [-0.05, 0) is 12.1 Å². The highest BCUT2D eigenvalue weighted by Crippen LogP contribution is 2.35. The fourth-order valence-corrected chi connectivity index (χ4v) is 2.65. The molecule has 1 aliphatic heterocycles. The molecule has 4 heteroatoms. The van der Waals surface area contributed by atoms with Crippen LogP contribution < -0.4 is 5.32 Å². The number of carboxylic acid groups (broad SMARTS) is 1. The van der Waals surface area contributed by atoms with Gasteiger partial charge in [-0.2, -0.15) is 0 Å². The van der Waals surface area contributed by atoms with E-state index >= 15 is 0 Å². The van der Waals surface area contributed by atoms with E-state index in [1.165, 1.54) is 0 Å². The average Bonchev–Trinajstić information content (AvgIpc) is 2.17. The van der Waals surface area contributed by atoms with E-state index in [2.05, 4.69) is 5.32 Å². The standard InChI is InChI=1S/C10H11NO2S/c12-10(13)5-7-6-11-8-3-1-2-4-9(8)14-7/h1-4,7,11H,5-6H2,(H,12,13). The highest BCUT2D eigenvalue weighted by atomic mass is 32.2. The summed E-state index contributed by atoms with van der Waals surface area (Å²) in [5.41, 5.74) is 1.11. The summed E-state index contributed by atoms with van der Waals surface area (Å²) < 4.78 is 0. The van der Waals surface area contributed by atoms with Gasteiger partial charge in [0.2, 0.25) is 0 Å². The first-order valence-corrected chi connectivity index (χ1v) is 5.35. The second-order valence-electron chi connectivity index (χ2n) is 3.21. The van der Waals surface area contributed by atoms with Crippen LogP contribution in [-0.4, -0.2) is 22.9 Å². The van der Waals surface area contributed by atoms with E-state index < -0.39 is 5.97 Å². The molecule has 0 aromatic heterocycles. The van der Waals surface area contributed by atoms with E-state index in [4.69, 9.17) is 5.11 Å². The van der Waals surface area contributed by atoms with Crippen molar-refractivity contribution < 1.29 is 9.90 Å². The van der Waals surface area contributed by atoms with E-state index in [-0.39, 0.29) is 11.7 Å². The van der Waals surface area contributed by atoms with Crippen LogP contribution in [0.15, 0.2) is 29.2 Å². The van der Waals surface area contributed by atoms with Crippen LogP contribution in [0.3, 0.4) is 0 Å². The molecule has 1 aliphatic rings. The Kier molecular flexibility index (Phi) is 2.63. The van der Waals surface area contributed by atoms with Crippen molar-refractivity contribution in [1.82, 2.24) is 0 Å². The van der Waals surface area contributed by atoms with Crippen LogP contribution in [0.25, 0.3) is 0 Å². The number of nitrogens with one attached hydrogen (secondary N) is 1. The maximum absolute atomic E-state index is 10.5. The normalized spacial score (nSPS) is 19.6. The summed E-state index contributed by atoms with van der Waals surface area (Å²) in [5.74, 6) is -0.733. The van der Waals surface area contributed by atoms with E-state index in [0.717, 1.165) is 17.1 Å². The Bertz CT molecular complexity index is 354. The largest absolute Gasteiger partial charge is 0.481 e. The quantitative estimate of drug-likeness (QED) is 0.782. The van der Waals surface area contributed by atoms with Crippen LogP contribution in [-0.2, 0) is 4.79 Å². The van der Waals surface area contributed by atoms with Crippen molar-refractivity contribution in [2.45, 2.75) is 16.6 Å². The number of carbonyl (C=O) groups is 1. The summed E-state index contributed by atoms with van der Waals surface area (Å²) in [5, 5.41) is 12.0. The molecule has 1 aromatic rings. The molecule has 0 amide bonds. The van der Waals surface area contributed by atoms with Gasteiger partial charge >= 0.3 is 5.97 Å². The van der Waals surface area contributed by atoms with Crippen LogP contribution in [0.1, 0.15) is 6.42 Å². The summed E-state index contributed by atoms with van der Waals surface area (Å²) in [7, 11) is 0. The van der Waals surface area contributed by atoms with Gasteiger partial charge in [0.1, 0.15) is 0 Å². The lowest BCUT2D eigenvalue weighted by atomic mass is 10.2. The van der Waals surface area contributed by atoms with Crippen molar-refractivity contribution in [1.29, 1.82) is 0 Å². The minimum Gasteiger partial charge on any atom is -0.481 e. The molecule has 1 heterocycles. The molecule has 14 heavy (non-hydrogen) atoms. The van der Waals surface area contributed by atoms with Gasteiger partial charge in [-0.1, -0.05) is 12.1 Å². The molecular weight excluding hydrogens is 198 g/mol. The Morgan fingerprint density at radius 1 is 1.57 bits per heavy atom. The molecule has 0 spiro atoms. The molecule has 0 bridgehead atoms. The number of hydrogen-bond acceptors (Lipinski definition) is 3. The highest BCUT2D eigenvalue weighted by molar-refractivity contribution is 8.00. The van der Waals surface area contributed by atoms with Crippen molar-refractivity contribution in [3.8, 4) is 0 Å². The van der Waals surface area contributed by atoms with Crippen LogP contribution >= 0.6 is 11.8 Å². The molecule has 0 aliphatic carbocycles. The van der Waals surface area contributed by atoms with Gasteiger partial charge in [0, 0.05) is 22.4 Å². The number of para-hydroxylation sites is 1. The Morgan fingerprint density at radius 3 is 3.14 bits per heavy atom. The SMILES string of the molecule is O=C(O)CC1CNc2ccccc2S1. The molecular formula is C10H11NO2S. The molecule has 3 nitrogen and oxygen atoms in total. The van der Waals surface area contributed by atoms with E-state index in [9.17, 15) is 4.79 Å². The summed E-state index contributed by atoms with van der Waals surface area (Å²) in [4.78, 5) is 11.7. The smallest absolute Gasteiger partial charge is 0.304 e. The number of carboxylic acids is 1. The fraction of sp³-hybridized carbons (Fsp3) is 0.300. The van der Waals surface area contributed by atoms with E-state index in [0.29, 0.717) is 0 Å². The fourth-order valence-electron chi connectivity index (χ4n) is 1.47. The van der Waals surface area contributed by atoms with Gasteiger partial charge in [-0.3, -0.25) is 4.79 Å². The topological polar surface area (TPSA) is 49.3 Å². The first kappa shape index (κ1) is 9.40. The first-order valence-electron chi connectivity index (χ1n) is 4.47. The molecule has 2 rings (SSSR count). The molecule has 0 saturated carbocycles. The minimum atomic E-state index is -0.733. The van der Waals surface area contributed by atoms with Gasteiger partial charge in [0.15, 0.2) is 0 Å². The summed E-state index contributed by atoms with van der Waals surface area (Å²) in [6.07, 6.45) is 0.214. The van der Waals surface area contributed by atoms with Crippen LogP contribution in [0.5, 0.6) is 0 Å². The third-order valence-electron chi connectivity index (χ3n) is 2.10. The molecule has 0 fully saturated rings. The third kappa shape index (κ3) is 2.01. The molecule has 0 saturated heterocycles. The Morgan fingerprint density at radius 2 is 2.36 bits per heavy atom. The summed E-state index contributed by atoms with van der Waals surface area (Å²) in [6.45, 7) is 0.730. The minimum absolute atomic E-state index is 0.141. The number of benzene rings is 1. The second kappa shape index (κ2) is 3.92. The van der Waals surface area contributed by atoms with Gasteiger partial charge in [-0.15, -0.1) is 11.8 Å². The summed E-state index contributed by atoms with van der Waals surface area (Å²) >= 11 is 1.64. The number of fused-ring (bicyclic) bond motifs is 1.